The fraction of sp³-hybridized carbons (Fsp3) is 0.600. The van der Waals surface area contributed by atoms with Gasteiger partial charge in [0.2, 0.25) is 5.91 Å². The molecule has 1 atom stereocenters. The van der Waals surface area contributed by atoms with Gasteiger partial charge in [-0.1, -0.05) is 45.2 Å². The van der Waals surface area contributed by atoms with E-state index in [1.807, 2.05) is 29.2 Å². The number of likely N-dealkylation sites (tertiary alicyclic amines) is 1. The molecule has 2 rings (SSSR count). The van der Waals surface area contributed by atoms with Crippen LogP contribution in [0.3, 0.4) is 0 Å². The smallest absolute Gasteiger partial charge is 0.251 e. The Bertz CT molecular complexity index is 556. The number of benzene rings is 1. The first-order chi connectivity index (χ1) is 11.6. The number of nitrogens with zero attached hydrogens (tertiary/aromatic N) is 1. The van der Waals surface area contributed by atoms with E-state index < -0.39 is 0 Å². The van der Waals surface area contributed by atoms with Crippen LogP contribution in [-0.2, 0) is 11.3 Å². The van der Waals surface area contributed by atoms with Crippen molar-refractivity contribution in [2.75, 3.05) is 13.1 Å². The highest BCUT2D eigenvalue weighted by atomic mass is 16.2. The maximum Gasteiger partial charge on any atom is 0.251 e. The highest BCUT2D eigenvalue weighted by Gasteiger charge is 2.20. The van der Waals surface area contributed by atoms with Crippen LogP contribution in [0.5, 0.6) is 0 Å². The summed E-state index contributed by atoms with van der Waals surface area (Å²) in [6.45, 7) is 6.55. The Kier molecular flexibility index (Phi) is 7.29. The van der Waals surface area contributed by atoms with E-state index in [-0.39, 0.29) is 11.8 Å². The van der Waals surface area contributed by atoms with Crippen LogP contribution in [0.2, 0.25) is 0 Å². The molecule has 4 nitrogen and oxygen atoms in total. The number of hydrogen-bond donors (Lipinski definition) is 1. The zero-order chi connectivity index (χ0) is 17.4. The molecule has 0 spiro atoms. The number of rotatable bonds is 9. The van der Waals surface area contributed by atoms with Crippen molar-refractivity contribution in [1.82, 2.24) is 10.2 Å². The minimum Gasteiger partial charge on any atom is -0.352 e. The van der Waals surface area contributed by atoms with Crippen molar-refractivity contribution in [3.8, 4) is 0 Å². The molecule has 1 saturated heterocycles. The molecule has 0 saturated carbocycles. The summed E-state index contributed by atoms with van der Waals surface area (Å²) in [7, 11) is 0. The zero-order valence-electron chi connectivity index (χ0n) is 15.0. The van der Waals surface area contributed by atoms with Gasteiger partial charge < -0.3 is 10.2 Å². The van der Waals surface area contributed by atoms with Crippen LogP contribution >= 0.6 is 0 Å². The molecule has 1 fully saturated rings. The van der Waals surface area contributed by atoms with Crippen molar-refractivity contribution >= 4 is 11.8 Å². The highest BCUT2D eigenvalue weighted by molar-refractivity contribution is 5.94. The molecular weight excluding hydrogens is 300 g/mol. The van der Waals surface area contributed by atoms with Crippen LogP contribution in [0.15, 0.2) is 24.3 Å². The maximum absolute atomic E-state index is 12.4. The van der Waals surface area contributed by atoms with E-state index in [0.717, 1.165) is 31.5 Å². The summed E-state index contributed by atoms with van der Waals surface area (Å²) in [5.41, 5.74) is 1.71. The normalized spacial score (nSPS) is 15.6. The lowest BCUT2D eigenvalue weighted by molar-refractivity contribution is -0.128. The number of amides is 2. The van der Waals surface area contributed by atoms with Crippen LogP contribution in [-0.4, -0.2) is 29.8 Å². The van der Waals surface area contributed by atoms with Gasteiger partial charge in [0, 0.05) is 31.6 Å². The third-order valence-corrected chi connectivity index (χ3v) is 4.83. The van der Waals surface area contributed by atoms with Gasteiger partial charge in [0.05, 0.1) is 0 Å². The second kappa shape index (κ2) is 9.45. The van der Waals surface area contributed by atoms with Gasteiger partial charge in [0.25, 0.3) is 5.91 Å². The first-order valence-corrected chi connectivity index (χ1v) is 9.29. The predicted molar refractivity (Wildman–Crippen MR) is 96.7 cm³/mol. The SMILES string of the molecule is CCCCC(CC)CNC(=O)c1cccc(CN2CCCC2=O)c1. The molecule has 132 valence electrons. The highest BCUT2D eigenvalue weighted by Crippen LogP contribution is 2.16. The second-order valence-corrected chi connectivity index (χ2v) is 6.75. The van der Waals surface area contributed by atoms with Crippen molar-refractivity contribution in [1.29, 1.82) is 0 Å². The van der Waals surface area contributed by atoms with Crippen LogP contribution < -0.4 is 5.32 Å². The van der Waals surface area contributed by atoms with Crippen LogP contribution in [0.25, 0.3) is 0 Å². The summed E-state index contributed by atoms with van der Waals surface area (Å²) >= 11 is 0. The van der Waals surface area contributed by atoms with Gasteiger partial charge in [0.15, 0.2) is 0 Å². The molecule has 0 radical (unpaired) electrons. The van der Waals surface area contributed by atoms with Gasteiger partial charge in [-0.05, 0) is 36.5 Å². The Morgan fingerprint density at radius 2 is 2.17 bits per heavy atom. The molecule has 1 N–H and O–H groups in total. The van der Waals surface area contributed by atoms with E-state index in [1.165, 1.54) is 19.3 Å². The van der Waals surface area contributed by atoms with E-state index in [0.29, 0.717) is 24.4 Å². The number of unbranched alkanes of at least 4 members (excludes halogenated alkanes) is 1. The molecule has 24 heavy (non-hydrogen) atoms. The number of carbonyl (C=O) groups excluding carboxylic acids is 2. The van der Waals surface area contributed by atoms with Crippen molar-refractivity contribution in [3.63, 3.8) is 0 Å². The lowest BCUT2D eigenvalue weighted by Crippen LogP contribution is -2.29. The summed E-state index contributed by atoms with van der Waals surface area (Å²) in [5.74, 6) is 0.755. The number of nitrogens with one attached hydrogen (secondary N) is 1. The average molecular weight is 330 g/mol. The van der Waals surface area contributed by atoms with Crippen LogP contribution in [0.4, 0.5) is 0 Å². The van der Waals surface area contributed by atoms with Gasteiger partial charge in [-0.25, -0.2) is 0 Å². The first kappa shape index (κ1) is 18.5. The Morgan fingerprint density at radius 3 is 2.83 bits per heavy atom. The molecule has 1 aliphatic heterocycles. The topological polar surface area (TPSA) is 49.4 Å². The Morgan fingerprint density at radius 1 is 1.33 bits per heavy atom. The Labute approximate surface area is 145 Å². The van der Waals surface area contributed by atoms with E-state index >= 15 is 0 Å². The first-order valence-electron chi connectivity index (χ1n) is 9.29. The largest absolute Gasteiger partial charge is 0.352 e. The third-order valence-electron chi connectivity index (χ3n) is 4.83. The van der Waals surface area contributed by atoms with E-state index in [9.17, 15) is 9.59 Å². The van der Waals surface area contributed by atoms with Gasteiger partial charge in [-0.15, -0.1) is 0 Å². The Balaban J connectivity index is 1.89. The fourth-order valence-corrected chi connectivity index (χ4v) is 3.18. The lowest BCUT2D eigenvalue weighted by atomic mass is 9.99. The monoisotopic (exact) mass is 330 g/mol. The van der Waals surface area contributed by atoms with Crippen molar-refractivity contribution in [3.05, 3.63) is 35.4 Å². The molecule has 1 aromatic rings. The molecule has 1 aromatic carbocycles. The molecule has 1 unspecified atom stereocenters. The molecule has 0 aliphatic carbocycles. The van der Waals surface area contributed by atoms with Crippen LogP contribution in [0, 0.1) is 5.92 Å². The van der Waals surface area contributed by atoms with Crippen LogP contribution in [0.1, 0.15) is 68.3 Å². The standard InChI is InChI=1S/C20H30N2O2/c1-3-5-8-16(4-2)14-21-20(24)18-10-6-9-17(13-18)15-22-12-7-11-19(22)23/h6,9-10,13,16H,3-5,7-8,11-12,14-15H2,1-2H3,(H,21,24). The summed E-state index contributed by atoms with van der Waals surface area (Å²) in [6.07, 6.45) is 6.27. The fourth-order valence-electron chi connectivity index (χ4n) is 3.18. The predicted octanol–water partition coefficient (Wildman–Crippen LogP) is 3.76. The van der Waals surface area contributed by atoms with E-state index in [2.05, 4.69) is 19.2 Å². The molecule has 0 aromatic heterocycles. The second-order valence-electron chi connectivity index (χ2n) is 6.75. The van der Waals surface area contributed by atoms with Crippen molar-refractivity contribution in [2.45, 2.75) is 58.9 Å². The Hall–Kier alpha value is -1.84. The molecule has 1 heterocycles. The summed E-state index contributed by atoms with van der Waals surface area (Å²) in [5, 5.41) is 3.07. The summed E-state index contributed by atoms with van der Waals surface area (Å²) < 4.78 is 0. The van der Waals surface area contributed by atoms with Gasteiger partial charge in [0.1, 0.15) is 0 Å². The average Bonchev–Trinajstić information content (AvgIpc) is 3.00. The lowest BCUT2D eigenvalue weighted by Gasteiger charge is -2.17. The molecule has 4 heteroatoms. The van der Waals surface area contributed by atoms with E-state index in [1.54, 1.807) is 0 Å². The third kappa shape index (κ3) is 5.36. The zero-order valence-corrected chi connectivity index (χ0v) is 15.0. The van der Waals surface area contributed by atoms with Gasteiger partial charge >= 0.3 is 0 Å². The minimum absolute atomic E-state index is 0.0143. The molecular formula is C20H30N2O2. The summed E-state index contributed by atoms with van der Waals surface area (Å²) in [6, 6.07) is 7.64. The quantitative estimate of drug-likeness (QED) is 0.749. The molecule has 2 amide bonds. The molecule has 1 aliphatic rings. The number of carbonyl (C=O) groups is 2. The van der Waals surface area contributed by atoms with Gasteiger partial charge in [-0.2, -0.15) is 0 Å². The van der Waals surface area contributed by atoms with E-state index in [4.69, 9.17) is 0 Å². The minimum atomic E-state index is -0.0143. The van der Waals surface area contributed by atoms with Crippen molar-refractivity contribution < 1.29 is 9.59 Å². The summed E-state index contributed by atoms with van der Waals surface area (Å²) in [4.78, 5) is 26.0. The maximum atomic E-state index is 12.4. The molecule has 0 bridgehead atoms. The number of hydrogen-bond acceptors (Lipinski definition) is 2. The van der Waals surface area contributed by atoms with Crippen molar-refractivity contribution in [2.24, 2.45) is 5.92 Å². The van der Waals surface area contributed by atoms with Gasteiger partial charge in [-0.3, -0.25) is 9.59 Å².